The van der Waals surface area contributed by atoms with Gasteiger partial charge >= 0.3 is 11.9 Å². The molecule has 0 radical (unpaired) electrons. The van der Waals surface area contributed by atoms with Crippen LogP contribution < -0.4 is 4.74 Å². The Kier molecular flexibility index (Phi) is 7.76. The Morgan fingerprint density at radius 1 is 0.786 bits per heavy atom. The number of esters is 2. The lowest BCUT2D eigenvalue weighted by Crippen LogP contribution is -2.07. The molecule has 28 heavy (non-hydrogen) atoms. The molecule has 0 unspecified atom stereocenters. The fourth-order valence-corrected chi connectivity index (χ4v) is 2.49. The van der Waals surface area contributed by atoms with Crippen molar-refractivity contribution in [3.8, 4) is 16.9 Å². The lowest BCUT2D eigenvalue weighted by atomic mass is 10.0. The predicted octanol–water partition coefficient (Wildman–Crippen LogP) is 5.28. The van der Waals surface area contributed by atoms with Crippen molar-refractivity contribution < 1.29 is 19.1 Å². The summed E-state index contributed by atoms with van der Waals surface area (Å²) in [7, 11) is 0. The van der Waals surface area contributed by atoms with Crippen LogP contribution in [0.5, 0.6) is 5.75 Å². The Morgan fingerprint density at radius 3 is 1.86 bits per heavy atom. The molecule has 2 rings (SSSR count). The average molecular weight is 378 g/mol. The van der Waals surface area contributed by atoms with Crippen LogP contribution in [0, 0.1) is 0 Å². The quantitative estimate of drug-likeness (QED) is 0.258. The van der Waals surface area contributed by atoms with Crippen LogP contribution in [0.25, 0.3) is 11.1 Å². The minimum Gasteiger partial charge on any atom is -0.462 e. The second-order valence-corrected chi connectivity index (χ2v) is 6.76. The molecule has 146 valence electrons. The molecule has 0 bridgehead atoms. The first kappa shape index (κ1) is 21.2. The Morgan fingerprint density at radius 2 is 1.32 bits per heavy atom. The number of unbranched alkanes of at least 4 members (excludes halogenated alkanes) is 1. The summed E-state index contributed by atoms with van der Waals surface area (Å²) in [5.74, 6) is -0.253. The lowest BCUT2D eigenvalue weighted by Gasteiger charge is -2.07. The number of carbonyl (C=O) groups excluding carboxylic acids is 2. The smallest absolute Gasteiger partial charge is 0.338 e. The minimum absolute atomic E-state index is 0.329. The standard InChI is InChI=1S/C24H26O4/c1-17(2)23(25)27-16-6-5-7-19-8-10-20(11-9-19)21-12-14-22(15-13-21)28-24(26)18(3)4/h8-15H,1,3,5-7,16H2,2,4H3. The van der Waals surface area contributed by atoms with E-state index in [1.807, 2.05) is 12.1 Å². The molecule has 0 heterocycles. The number of carbonyl (C=O) groups is 2. The molecule has 2 aromatic carbocycles. The molecule has 0 spiro atoms. The zero-order chi connectivity index (χ0) is 20.5. The summed E-state index contributed by atoms with van der Waals surface area (Å²) < 4.78 is 10.3. The summed E-state index contributed by atoms with van der Waals surface area (Å²) in [4.78, 5) is 22.8. The van der Waals surface area contributed by atoms with Crippen molar-refractivity contribution in [3.05, 3.63) is 78.4 Å². The maximum Gasteiger partial charge on any atom is 0.338 e. The molecular formula is C24H26O4. The van der Waals surface area contributed by atoms with E-state index in [0.29, 0.717) is 23.5 Å². The molecule has 0 aromatic heterocycles. The van der Waals surface area contributed by atoms with Crippen LogP contribution in [-0.4, -0.2) is 18.5 Å². The molecule has 0 saturated heterocycles. The Hall–Kier alpha value is -3.14. The van der Waals surface area contributed by atoms with E-state index in [0.717, 1.165) is 30.4 Å². The Bertz CT molecular complexity index is 845. The number of hydrogen-bond acceptors (Lipinski definition) is 4. The van der Waals surface area contributed by atoms with Gasteiger partial charge in [-0.1, -0.05) is 49.6 Å². The van der Waals surface area contributed by atoms with Gasteiger partial charge in [-0.15, -0.1) is 0 Å². The Balaban J connectivity index is 1.83. The van der Waals surface area contributed by atoms with Gasteiger partial charge in [0.2, 0.25) is 0 Å². The van der Waals surface area contributed by atoms with Crippen molar-refractivity contribution in [1.29, 1.82) is 0 Å². The Labute approximate surface area is 166 Å². The topological polar surface area (TPSA) is 52.6 Å². The first-order valence-electron chi connectivity index (χ1n) is 9.26. The predicted molar refractivity (Wildman–Crippen MR) is 111 cm³/mol. The number of ether oxygens (including phenoxy) is 2. The van der Waals surface area contributed by atoms with Gasteiger partial charge in [0, 0.05) is 11.1 Å². The van der Waals surface area contributed by atoms with Gasteiger partial charge < -0.3 is 9.47 Å². The maximum absolute atomic E-state index is 11.5. The zero-order valence-corrected chi connectivity index (χ0v) is 16.5. The van der Waals surface area contributed by atoms with Gasteiger partial charge in [0.25, 0.3) is 0 Å². The highest BCUT2D eigenvalue weighted by Gasteiger charge is 2.06. The summed E-state index contributed by atoms with van der Waals surface area (Å²) in [6.07, 6.45) is 2.71. The van der Waals surface area contributed by atoms with E-state index in [2.05, 4.69) is 37.4 Å². The third kappa shape index (κ3) is 6.54. The van der Waals surface area contributed by atoms with Crippen molar-refractivity contribution in [2.75, 3.05) is 6.61 Å². The number of benzene rings is 2. The van der Waals surface area contributed by atoms with E-state index in [-0.39, 0.29) is 5.97 Å². The van der Waals surface area contributed by atoms with Crippen LogP contribution in [0.3, 0.4) is 0 Å². The SMILES string of the molecule is C=C(C)C(=O)OCCCCc1ccc(-c2ccc(OC(=O)C(=C)C)cc2)cc1. The fourth-order valence-electron chi connectivity index (χ4n) is 2.49. The highest BCUT2D eigenvalue weighted by molar-refractivity contribution is 5.88. The van der Waals surface area contributed by atoms with Gasteiger partial charge in [-0.2, -0.15) is 0 Å². The average Bonchev–Trinajstić information content (AvgIpc) is 2.68. The largest absolute Gasteiger partial charge is 0.462 e. The van der Waals surface area contributed by atoms with Crippen molar-refractivity contribution in [1.82, 2.24) is 0 Å². The molecule has 0 atom stereocenters. The summed E-state index contributed by atoms with van der Waals surface area (Å²) in [6.45, 7) is 10.8. The van der Waals surface area contributed by atoms with Gasteiger partial charge in [0.05, 0.1) is 6.61 Å². The fraction of sp³-hybridized carbons (Fsp3) is 0.250. The second kappa shape index (κ2) is 10.3. The molecule has 0 fully saturated rings. The zero-order valence-electron chi connectivity index (χ0n) is 16.5. The summed E-state index contributed by atoms with van der Waals surface area (Å²) in [5.41, 5.74) is 4.18. The third-order valence-electron chi connectivity index (χ3n) is 4.14. The molecule has 0 aliphatic heterocycles. The van der Waals surface area contributed by atoms with Gasteiger partial charge in [-0.25, -0.2) is 9.59 Å². The second-order valence-electron chi connectivity index (χ2n) is 6.76. The molecule has 2 aromatic rings. The van der Waals surface area contributed by atoms with E-state index in [9.17, 15) is 9.59 Å². The van der Waals surface area contributed by atoms with E-state index in [1.165, 1.54) is 5.56 Å². The molecule has 4 nitrogen and oxygen atoms in total. The van der Waals surface area contributed by atoms with Crippen LogP contribution >= 0.6 is 0 Å². The molecule has 0 aliphatic carbocycles. The molecule has 0 saturated carbocycles. The van der Waals surface area contributed by atoms with Crippen LogP contribution in [0.15, 0.2) is 72.8 Å². The van der Waals surface area contributed by atoms with Crippen LogP contribution in [-0.2, 0) is 20.7 Å². The third-order valence-corrected chi connectivity index (χ3v) is 4.14. The van der Waals surface area contributed by atoms with Crippen molar-refractivity contribution in [2.24, 2.45) is 0 Å². The van der Waals surface area contributed by atoms with Gasteiger partial charge in [-0.3, -0.25) is 0 Å². The number of rotatable bonds is 9. The summed E-state index contributed by atoms with van der Waals surface area (Å²) in [6, 6.07) is 15.7. The molecule has 0 amide bonds. The highest BCUT2D eigenvalue weighted by Crippen LogP contribution is 2.23. The van der Waals surface area contributed by atoms with Crippen molar-refractivity contribution in [2.45, 2.75) is 33.1 Å². The van der Waals surface area contributed by atoms with Gasteiger partial charge in [-0.05, 0) is 61.9 Å². The first-order chi connectivity index (χ1) is 13.4. The van der Waals surface area contributed by atoms with E-state index >= 15 is 0 Å². The van der Waals surface area contributed by atoms with Crippen LogP contribution in [0.1, 0.15) is 32.3 Å². The maximum atomic E-state index is 11.5. The monoisotopic (exact) mass is 378 g/mol. The van der Waals surface area contributed by atoms with E-state index in [4.69, 9.17) is 9.47 Å². The van der Waals surface area contributed by atoms with Crippen LogP contribution in [0.2, 0.25) is 0 Å². The molecular weight excluding hydrogens is 352 g/mol. The molecule has 0 aliphatic rings. The van der Waals surface area contributed by atoms with E-state index < -0.39 is 5.97 Å². The van der Waals surface area contributed by atoms with Gasteiger partial charge in [0.15, 0.2) is 0 Å². The van der Waals surface area contributed by atoms with Crippen molar-refractivity contribution >= 4 is 11.9 Å². The van der Waals surface area contributed by atoms with Crippen LogP contribution in [0.4, 0.5) is 0 Å². The van der Waals surface area contributed by atoms with Crippen molar-refractivity contribution in [3.63, 3.8) is 0 Å². The normalized spacial score (nSPS) is 10.2. The lowest BCUT2D eigenvalue weighted by molar-refractivity contribution is -0.139. The molecule has 4 heteroatoms. The summed E-state index contributed by atoms with van der Waals surface area (Å²) in [5, 5.41) is 0. The van der Waals surface area contributed by atoms with E-state index in [1.54, 1.807) is 26.0 Å². The van der Waals surface area contributed by atoms with Gasteiger partial charge in [0.1, 0.15) is 5.75 Å². The highest BCUT2D eigenvalue weighted by atomic mass is 16.5. The number of hydrogen-bond donors (Lipinski definition) is 0. The molecule has 0 N–H and O–H groups in total. The summed E-state index contributed by atoms with van der Waals surface area (Å²) >= 11 is 0. The first-order valence-corrected chi connectivity index (χ1v) is 9.26. The number of aryl methyl sites for hydroxylation is 1. The minimum atomic E-state index is -0.425.